The zero-order valence-electron chi connectivity index (χ0n) is 19.3. The lowest BCUT2D eigenvalue weighted by Crippen LogP contribution is -2.38. The Morgan fingerprint density at radius 1 is 1.09 bits per heavy atom. The number of aromatic nitrogens is 3. The molecule has 1 atom stereocenters. The minimum absolute atomic E-state index is 0.0272. The first-order valence-corrected chi connectivity index (χ1v) is 11.4. The van der Waals surface area contributed by atoms with E-state index in [1.165, 1.54) is 4.68 Å². The Bertz CT molecular complexity index is 1180. The maximum absolute atomic E-state index is 12.3. The van der Waals surface area contributed by atoms with Gasteiger partial charge >= 0.3 is 12.1 Å². The van der Waals surface area contributed by atoms with E-state index in [0.717, 1.165) is 22.3 Å². The van der Waals surface area contributed by atoms with Crippen LogP contribution in [0.1, 0.15) is 42.5 Å². The van der Waals surface area contributed by atoms with E-state index < -0.39 is 18.1 Å². The number of rotatable bonds is 10. The van der Waals surface area contributed by atoms with Gasteiger partial charge in [0, 0.05) is 12.0 Å². The van der Waals surface area contributed by atoms with Crippen LogP contribution >= 0.6 is 0 Å². The third-order valence-corrected chi connectivity index (χ3v) is 5.93. The highest BCUT2D eigenvalue weighted by Crippen LogP contribution is 2.44. The van der Waals surface area contributed by atoms with Crippen LogP contribution in [-0.2, 0) is 27.4 Å². The van der Waals surface area contributed by atoms with Crippen molar-refractivity contribution in [1.82, 2.24) is 25.6 Å². The number of amides is 2. The van der Waals surface area contributed by atoms with Crippen LogP contribution in [0, 0.1) is 0 Å². The van der Waals surface area contributed by atoms with Crippen molar-refractivity contribution in [2.24, 2.45) is 0 Å². The molecule has 0 saturated heterocycles. The molecular formula is C25H27N5O5. The fourth-order valence-corrected chi connectivity index (χ4v) is 4.24. The van der Waals surface area contributed by atoms with Crippen LogP contribution in [0.2, 0.25) is 0 Å². The second kappa shape index (κ2) is 10.8. The molecule has 2 aromatic carbocycles. The zero-order valence-corrected chi connectivity index (χ0v) is 19.3. The number of alkyl carbamates (subject to hydrolysis) is 1. The van der Waals surface area contributed by atoms with E-state index >= 15 is 0 Å². The van der Waals surface area contributed by atoms with Crippen LogP contribution in [0.15, 0.2) is 54.7 Å². The van der Waals surface area contributed by atoms with Crippen LogP contribution in [-0.4, -0.2) is 50.7 Å². The summed E-state index contributed by atoms with van der Waals surface area (Å²) in [6.07, 6.45) is 1.33. The summed E-state index contributed by atoms with van der Waals surface area (Å²) in [6, 6.07) is 15.8. The number of nitrogens with one attached hydrogen (secondary N) is 2. The van der Waals surface area contributed by atoms with Crippen LogP contribution in [0.4, 0.5) is 4.79 Å². The molecule has 10 heteroatoms. The van der Waals surface area contributed by atoms with E-state index in [4.69, 9.17) is 9.84 Å². The van der Waals surface area contributed by atoms with Gasteiger partial charge in [-0.15, -0.1) is 5.10 Å². The van der Waals surface area contributed by atoms with Gasteiger partial charge in [-0.1, -0.05) is 60.7 Å². The van der Waals surface area contributed by atoms with Gasteiger partial charge in [-0.2, -0.15) is 0 Å². The van der Waals surface area contributed by atoms with Crippen LogP contribution in [0.3, 0.4) is 0 Å². The minimum atomic E-state index is -0.973. The predicted molar refractivity (Wildman–Crippen MR) is 126 cm³/mol. The quantitative estimate of drug-likeness (QED) is 0.408. The third-order valence-electron chi connectivity index (χ3n) is 5.93. The van der Waals surface area contributed by atoms with E-state index in [2.05, 4.69) is 45.2 Å². The van der Waals surface area contributed by atoms with Gasteiger partial charge in [0.05, 0.1) is 19.2 Å². The Balaban J connectivity index is 1.26. The average Bonchev–Trinajstić information content (AvgIpc) is 3.42. The molecule has 0 bridgehead atoms. The van der Waals surface area contributed by atoms with Crippen molar-refractivity contribution in [2.45, 2.75) is 44.8 Å². The molecule has 182 valence electrons. The molecule has 1 aromatic heterocycles. The number of aliphatic carboxylic acids is 1. The van der Waals surface area contributed by atoms with Crippen LogP contribution < -0.4 is 10.6 Å². The highest BCUT2D eigenvalue weighted by atomic mass is 16.5. The number of fused-ring (bicyclic) bond motifs is 3. The first kappa shape index (κ1) is 23.9. The number of nitrogens with zero attached hydrogens (tertiary/aromatic N) is 3. The molecule has 4 rings (SSSR count). The SMILES string of the molecule is CC[C@@H](CC(=O)O)NC(=O)Cn1cc(CNC(=O)OCC2c3ccccc3-c3ccccc32)nn1. The maximum atomic E-state index is 12.3. The van der Waals surface area contributed by atoms with Gasteiger partial charge in [0.1, 0.15) is 18.8 Å². The lowest BCUT2D eigenvalue weighted by atomic mass is 9.98. The number of hydrogen-bond donors (Lipinski definition) is 3. The third kappa shape index (κ3) is 5.84. The fraction of sp³-hybridized carbons (Fsp3) is 0.320. The monoisotopic (exact) mass is 477 g/mol. The summed E-state index contributed by atoms with van der Waals surface area (Å²) in [7, 11) is 0. The normalized spacial score (nSPS) is 12.9. The van der Waals surface area contributed by atoms with Crippen molar-refractivity contribution in [3.8, 4) is 11.1 Å². The maximum Gasteiger partial charge on any atom is 0.407 e. The van der Waals surface area contributed by atoms with E-state index in [-0.39, 0.29) is 37.9 Å². The highest BCUT2D eigenvalue weighted by molar-refractivity contribution is 5.79. The van der Waals surface area contributed by atoms with Gasteiger partial charge in [-0.25, -0.2) is 9.48 Å². The fourth-order valence-electron chi connectivity index (χ4n) is 4.24. The first-order chi connectivity index (χ1) is 16.9. The van der Waals surface area contributed by atoms with Crippen molar-refractivity contribution < 1.29 is 24.2 Å². The number of carboxylic acids is 1. The van der Waals surface area contributed by atoms with Crippen molar-refractivity contribution in [3.63, 3.8) is 0 Å². The Kier molecular flexibility index (Phi) is 7.39. The van der Waals surface area contributed by atoms with E-state index in [1.807, 2.05) is 24.3 Å². The van der Waals surface area contributed by atoms with Gasteiger partial charge < -0.3 is 20.5 Å². The summed E-state index contributed by atoms with van der Waals surface area (Å²) in [5.41, 5.74) is 5.05. The summed E-state index contributed by atoms with van der Waals surface area (Å²) in [5, 5.41) is 22.1. The number of carbonyl (C=O) groups excluding carboxylic acids is 2. The molecule has 1 heterocycles. The second-order valence-corrected chi connectivity index (χ2v) is 8.36. The van der Waals surface area contributed by atoms with Crippen molar-refractivity contribution >= 4 is 18.0 Å². The molecule has 3 aromatic rings. The second-order valence-electron chi connectivity index (χ2n) is 8.36. The Morgan fingerprint density at radius 3 is 2.37 bits per heavy atom. The van der Waals surface area contributed by atoms with E-state index in [9.17, 15) is 14.4 Å². The molecule has 0 fully saturated rings. The van der Waals surface area contributed by atoms with Crippen molar-refractivity contribution in [1.29, 1.82) is 0 Å². The minimum Gasteiger partial charge on any atom is -0.481 e. The molecular weight excluding hydrogens is 450 g/mol. The number of ether oxygens (including phenoxy) is 1. The number of carboxylic acid groups (broad SMARTS) is 1. The number of hydrogen-bond acceptors (Lipinski definition) is 6. The van der Waals surface area contributed by atoms with Gasteiger partial charge in [-0.05, 0) is 28.7 Å². The molecule has 35 heavy (non-hydrogen) atoms. The molecule has 1 aliphatic carbocycles. The molecule has 0 saturated carbocycles. The average molecular weight is 478 g/mol. The summed E-state index contributed by atoms with van der Waals surface area (Å²) in [5.74, 6) is -1.36. The molecule has 10 nitrogen and oxygen atoms in total. The Hall–Kier alpha value is -4.21. The molecule has 2 amide bonds. The molecule has 0 unspecified atom stereocenters. The predicted octanol–water partition coefficient (Wildman–Crippen LogP) is 2.69. The Morgan fingerprint density at radius 2 is 1.74 bits per heavy atom. The molecule has 0 aliphatic heterocycles. The summed E-state index contributed by atoms with van der Waals surface area (Å²) >= 11 is 0. The molecule has 3 N–H and O–H groups in total. The van der Waals surface area contributed by atoms with E-state index in [0.29, 0.717) is 12.1 Å². The molecule has 0 spiro atoms. The Labute approximate surface area is 202 Å². The first-order valence-electron chi connectivity index (χ1n) is 11.4. The van der Waals surface area contributed by atoms with Gasteiger partial charge in [0.2, 0.25) is 5.91 Å². The summed E-state index contributed by atoms with van der Waals surface area (Å²) < 4.78 is 6.83. The van der Waals surface area contributed by atoms with Gasteiger partial charge in [-0.3, -0.25) is 9.59 Å². The van der Waals surface area contributed by atoms with Crippen LogP contribution in [0.5, 0.6) is 0 Å². The molecule has 0 radical (unpaired) electrons. The van der Waals surface area contributed by atoms with Crippen molar-refractivity contribution in [3.05, 3.63) is 71.5 Å². The van der Waals surface area contributed by atoms with Crippen molar-refractivity contribution in [2.75, 3.05) is 6.61 Å². The van der Waals surface area contributed by atoms with Crippen LogP contribution in [0.25, 0.3) is 11.1 Å². The smallest absolute Gasteiger partial charge is 0.407 e. The van der Waals surface area contributed by atoms with Gasteiger partial charge in [0.25, 0.3) is 0 Å². The lowest BCUT2D eigenvalue weighted by molar-refractivity contribution is -0.137. The summed E-state index contributed by atoms with van der Waals surface area (Å²) in [4.78, 5) is 35.3. The van der Waals surface area contributed by atoms with Gasteiger partial charge in [0.15, 0.2) is 0 Å². The lowest BCUT2D eigenvalue weighted by Gasteiger charge is -2.14. The zero-order chi connectivity index (χ0) is 24.8. The standard InChI is InChI=1S/C25H27N5O5/c1-2-16(11-24(32)33)27-23(31)14-30-13-17(28-29-30)12-26-25(34)35-15-22-20-9-5-3-7-18(20)19-8-4-6-10-21(19)22/h3-10,13,16,22H,2,11-12,14-15H2,1H3,(H,26,34)(H,27,31)(H,32,33)/t16-/m0/s1. The molecule has 1 aliphatic rings. The topological polar surface area (TPSA) is 135 Å². The largest absolute Gasteiger partial charge is 0.481 e. The number of benzene rings is 2. The number of carbonyl (C=O) groups is 3. The highest BCUT2D eigenvalue weighted by Gasteiger charge is 2.29. The van der Waals surface area contributed by atoms with E-state index in [1.54, 1.807) is 13.1 Å². The summed E-state index contributed by atoms with van der Waals surface area (Å²) in [6.45, 7) is 2.00.